The first-order chi connectivity index (χ1) is 8.18. The standard InChI is InChI=1S/C13H27N3S/c1-12-9-15(2)6-4-7-16(12)13(10-14)5-3-8-17-11-13/h12H,3-11,14H2,1-2H3. The number of hydrogen-bond acceptors (Lipinski definition) is 4. The Hall–Kier alpha value is 0.230. The smallest absolute Gasteiger partial charge is 0.0425 e. The highest BCUT2D eigenvalue weighted by Crippen LogP contribution is 2.33. The number of nitrogens with zero attached hydrogens (tertiary/aromatic N) is 2. The first kappa shape index (κ1) is 13.7. The highest BCUT2D eigenvalue weighted by atomic mass is 32.2. The van der Waals surface area contributed by atoms with E-state index >= 15 is 0 Å². The summed E-state index contributed by atoms with van der Waals surface area (Å²) in [6.45, 7) is 6.84. The molecule has 0 aromatic carbocycles. The molecule has 0 aliphatic carbocycles. The summed E-state index contributed by atoms with van der Waals surface area (Å²) >= 11 is 2.09. The van der Waals surface area contributed by atoms with E-state index in [0.717, 1.165) is 6.54 Å². The molecule has 0 bridgehead atoms. The zero-order valence-corrected chi connectivity index (χ0v) is 12.1. The predicted molar refractivity (Wildman–Crippen MR) is 76.6 cm³/mol. The second-order valence-electron chi connectivity index (χ2n) is 5.74. The van der Waals surface area contributed by atoms with E-state index in [4.69, 9.17) is 5.73 Å². The van der Waals surface area contributed by atoms with Crippen LogP contribution in [0.5, 0.6) is 0 Å². The number of likely N-dealkylation sites (N-methyl/N-ethyl adjacent to an activating group) is 1. The van der Waals surface area contributed by atoms with E-state index in [1.807, 2.05) is 0 Å². The molecule has 17 heavy (non-hydrogen) atoms. The van der Waals surface area contributed by atoms with Crippen molar-refractivity contribution in [1.82, 2.24) is 9.80 Å². The van der Waals surface area contributed by atoms with Crippen LogP contribution in [0.4, 0.5) is 0 Å². The van der Waals surface area contributed by atoms with Crippen molar-refractivity contribution in [2.75, 3.05) is 44.7 Å². The summed E-state index contributed by atoms with van der Waals surface area (Å²) in [6.07, 6.45) is 3.92. The van der Waals surface area contributed by atoms with Gasteiger partial charge in [-0.3, -0.25) is 4.90 Å². The number of nitrogens with two attached hydrogens (primary N) is 1. The SMILES string of the molecule is CC1CN(C)CCCN1C1(CN)CCCSC1. The predicted octanol–water partition coefficient (Wildman–Crippen LogP) is 1.24. The summed E-state index contributed by atoms with van der Waals surface area (Å²) in [5.74, 6) is 2.56. The summed E-state index contributed by atoms with van der Waals surface area (Å²) in [4.78, 5) is 5.19. The van der Waals surface area contributed by atoms with E-state index in [1.54, 1.807) is 0 Å². The third kappa shape index (κ3) is 2.98. The summed E-state index contributed by atoms with van der Waals surface area (Å²) in [6, 6.07) is 0.643. The zero-order chi connectivity index (χ0) is 12.3. The zero-order valence-electron chi connectivity index (χ0n) is 11.3. The van der Waals surface area contributed by atoms with Crippen molar-refractivity contribution in [3.8, 4) is 0 Å². The highest BCUT2D eigenvalue weighted by molar-refractivity contribution is 7.99. The molecule has 2 heterocycles. The second-order valence-corrected chi connectivity index (χ2v) is 6.85. The van der Waals surface area contributed by atoms with Crippen LogP contribution < -0.4 is 5.73 Å². The van der Waals surface area contributed by atoms with Crippen LogP contribution in [0.2, 0.25) is 0 Å². The van der Waals surface area contributed by atoms with Crippen molar-refractivity contribution in [2.45, 2.75) is 37.8 Å². The number of rotatable bonds is 2. The molecule has 0 aromatic rings. The second kappa shape index (κ2) is 5.91. The van der Waals surface area contributed by atoms with Gasteiger partial charge in [-0.05, 0) is 45.5 Å². The Morgan fingerprint density at radius 1 is 1.35 bits per heavy atom. The van der Waals surface area contributed by atoms with Crippen molar-refractivity contribution in [3.63, 3.8) is 0 Å². The number of thioether (sulfide) groups is 1. The van der Waals surface area contributed by atoms with Crippen LogP contribution in [0.1, 0.15) is 26.2 Å². The molecule has 2 aliphatic rings. The van der Waals surface area contributed by atoms with Crippen LogP contribution in [0.15, 0.2) is 0 Å². The van der Waals surface area contributed by atoms with Crippen LogP contribution in [-0.4, -0.2) is 66.1 Å². The Kier molecular flexibility index (Phi) is 4.75. The molecule has 0 radical (unpaired) electrons. The van der Waals surface area contributed by atoms with E-state index in [0.29, 0.717) is 6.04 Å². The monoisotopic (exact) mass is 257 g/mol. The van der Waals surface area contributed by atoms with Gasteiger partial charge >= 0.3 is 0 Å². The minimum absolute atomic E-state index is 0.285. The molecule has 2 atom stereocenters. The lowest BCUT2D eigenvalue weighted by molar-refractivity contribution is 0.0646. The van der Waals surface area contributed by atoms with Gasteiger partial charge in [0.15, 0.2) is 0 Å². The minimum atomic E-state index is 0.285. The Labute approximate surface area is 110 Å². The summed E-state index contributed by atoms with van der Waals surface area (Å²) in [7, 11) is 2.24. The number of hydrogen-bond donors (Lipinski definition) is 1. The van der Waals surface area contributed by atoms with Gasteiger partial charge in [-0.1, -0.05) is 0 Å². The maximum absolute atomic E-state index is 6.15. The molecule has 2 aliphatic heterocycles. The molecule has 2 rings (SSSR count). The van der Waals surface area contributed by atoms with E-state index < -0.39 is 0 Å². The van der Waals surface area contributed by atoms with E-state index in [-0.39, 0.29) is 5.54 Å². The Balaban J connectivity index is 2.11. The first-order valence-corrected chi connectivity index (χ1v) is 8.06. The fourth-order valence-electron chi connectivity index (χ4n) is 3.42. The lowest BCUT2D eigenvalue weighted by atomic mass is 9.91. The average Bonchev–Trinajstić information content (AvgIpc) is 2.51. The first-order valence-electron chi connectivity index (χ1n) is 6.91. The molecular formula is C13H27N3S. The molecule has 0 saturated carbocycles. The normalized spacial score (nSPS) is 37.9. The van der Waals surface area contributed by atoms with Gasteiger partial charge in [-0.2, -0.15) is 11.8 Å². The van der Waals surface area contributed by atoms with E-state index in [9.17, 15) is 0 Å². The lowest BCUT2D eigenvalue weighted by Crippen LogP contribution is -2.60. The quantitative estimate of drug-likeness (QED) is 0.807. The van der Waals surface area contributed by atoms with Crippen molar-refractivity contribution in [1.29, 1.82) is 0 Å². The topological polar surface area (TPSA) is 32.5 Å². The fraction of sp³-hybridized carbons (Fsp3) is 1.00. The van der Waals surface area contributed by atoms with Crippen molar-refractivity contribution < 1.29 is 0 Å². The molecule has 4 heteroatoms. The maximum atomic E-state index is 6.15. The molecule has 100 valence electrons. The van der Waals surface area contributed by atoms with Crippen LogP contribution in [-0.2, 0) is 0 Å². The lowest BCUT2D eigenvalue weighted by Gasteiger charge is -2.48. The molecule has 2 saturated heterocycles. The maximum Gasteiger partial charge on any atom is 0.0425 e. The molecule has 0 aromatic heterocycles. The van der Waals surface area contributed by atoms with Gasteiger partial charge in [0.05, 0.1) is 0 Å². The van der Waals surface area contributed by atoms with Gasteiger partial charge in [0.2, 0.25) is 0 Å². The van der Waals surface area contributed by atoms with Gasteiger partial charge in [0.1, 0.15) is 0 Å². The summed E-state index contributed by atoms with van der Waals surface area (Å²) in [5, 5.41) is 0. The molecule has 2 fully saturated rings. The van der Waals surface area contributed by atoms with Gasteiger partial charge in [-0.15, -0.1) is 0 Å². The molecule has 0 amide bonds. The third-order valence-electron chi connectivity index (χ3n) is 4.34. The molecule has 0 spiro atoms. The largest absolute Gasteiger partial charge is 0.329 e. The minimum Gasteiger partial charge on any atom is -0.329 e. The van der Waals surface area contributed by atoms with Crippen LogP contribution >= 0.6 is 11.8 Å². The fourth-order valence-corrected chi connectivity index (χ4v) is 4.72. The molecular weight excluding hydrogens is 230 g/mol. The van der Waals surface area contributed by atoms with Crippen LogP contribution in [0, 0.1) is 0 Å². The Bertz CT molecular complexity index is 241. The Morgan fingerprint density at radius 3 is 2.82 bits per heavy atom. The van der Waals surface area contributed by atoms with Gasteiger partial charge in [-0.25, -0.2) is 0 Å². The molecule has 2 N–H and O–H groups in total. The van der Waals surface area contributed by atoms with Crippen molar-refractivity contribution in [2.24, 2.45) is 5.73 Å². The average molecular weight is 257 g/mol. The summed E-state index contributed by atoms with van der Waals surface area (Å²) in [5.41, 5.74) is 6.43. The van der Waals surface area contributed by atoms with Crippen molar-refractivity contribution >= 4 is 11.8 Å². The van der Waals surface area contributed by atoms with Gasteiger partial charge in [0.25, 0.3) is 0 Å². The Morgan fingerprint density at radius 2 is 2.18 bits per heavy atom. The van der Waals surface area contributed by atoms with E-state index in [1.165, 1.54) is 50.4 Å². The summed E-state index contributed by atoms with van der Waals surface area (Å²) < 4.78 is 0. The van der Waals surface area contributed by atoms with Crippen LogP contribution in [0.3, 0.4) is 0 Å². The molecule has 2 unspecified atom stereocenters. The van der Waals surface area contributed by atoms with Crippen LogP contribution in [0.25, 0.3) is 0 Å². The van der Waals surface area contributed by atoms with Crippen molar-refractivity contribution in [3.05, 3.63) is 0 Å². The van der Waals surface area contributed by atoms with Gasteiger partial charge in [0, 0.05) is 37.0 Å². The highest BCUT2D eigenvalue weighted by Gasteiger charge is 2.40. The third-order valence-corrected chi connectivity index (χ3v) is 5.66. The van der Waals surface area contributed by atoms with E-state index in [2.05, 4.69) is 35.5 Å². The molecule has 3 nitrogen and oxygen atoms in total. The van der Waals surface area contributed by atoms with Gasteiger partial charge < -0.3 is 10.6 Å².